The summed E-state index contributed by atoms with van der Waals surface area (Å²) in [5.41, 5.74) is 8.29. The molecule has 2 N–H and O–H groups in total. The van der Waals surface area contributed by atoms with Crippen molar-refractivity contribution in [3.8, 4) is 5.69 Å². The summed E-state index contributed by atoms with van der Waals surface area (Å²) in [7, 11) is 0. The van der Waals surface area contributed by atoms with Crippen molar-refractivity contribution in [1.29, 1.82) is 0 Å². The molecular formula is C22H15N3. The lowest BCUT2D eigenvalue weighted by atomic mass is 10.2. The van der Waals surface area contributed by atoms with Gasteiger partial charge in [0.2, 0.25) is 0 Å². The summed E-state index contributed by atoms with van der Waals surface area (Å²) < 4.78 is 2.38. The highest BCUT2D eigenvalue weighted by Crippen LogP contribution is 2.39. The third kappa shape index (κ3) is 1.59. The molecule has 3 heterocycles. The van der Waals surface area contributed by atoms with Gasteiger partial charge in [-0.15, -0.1) is 0 Å². The highest BCUT2D eigenvalue weighted by Gasteiger charge is 2.20. The summed E-state index contributed by atoms with van der Waals surface area (Å²) in [5, 5.41) is 2.49. The fourth-order valence-electron chi connectivity index (χ4n) is 4.03. The smallest absolute Gasteiger partial charge is 0.0897 e. The third-order valence-corrected chi connectivity index (χ3v) is 5.07. The van der Waals surface area contributed by atoms with Crippen LogP contribution in [-0.4, -0.2) is 14.5 Å². The van der Waals surface area contributed by atoms with E-state index in [2.05, 4.69) is 93.4 Å². The molecule has 0 unspecified atom stereocenters. The molecule has 25 heavy (non-hydrogen) atoms. The molecule has 0 bridgehead atoms. The number of rotatable bonds is 1. The Hall–Kier alpha value is -3.46. The van der Waals surface area contributed by atoms with E-state index in [4.69, 9.17) is 0 Å². The van der Waals surface area contributed by atoms with Gasteiger partial charge in [0, 0.05) is 27.5 Å². The average molecular weight is 321 g/mol. The van der Waals surface area contributed by atoms with Crippen LogP contribution >= 0.6 is 0 Å². The summed E-state index contributed by atoms with van der Waals surface area (Å²) in [4.78, 5) is 7.24. The van der Waals surface area contributed by atoms with Crippen LogP contribution in [0.25, 0.3) is 49.6 Å². The standard InChI is InChI=1S/C22H15N3/c1-2-8-14(9-3-1)25-21-15-10-4-6-12-17(15)23-19(21)20-22(25)16-11-5-7-13-18(16)24-20/h1-13,23-24H. The summed E-state index contributed by atoms with van der Waals surface area (Å²) in [6.45, 7) is 0. The minimum absolute atomic E-state index is 1.16. The zero-order chi connectivity index (χ0) is 16.4. The Kier molecular flexibility index (Phi) is 2.35. The van der Waals surface area contributed by atoms with Crippen LogP contribution in [-0.2, 0) is 0 Å². The Morgan fingerprint density at radius 3 is 1.56 bits per heavy atom. The van der Waals surface area contributed by atoms with Crippen molar-refractivity contribution in [2.45, 2.75) is 0 Å². The highest BCUT2D eigenvalue weighted by molar-refractivity contribution is 6.23. The molecule has 0 aliphatic rings. The lowest BCUT2D eigenvalue weighted by molar-refractivity contribution is 1.19. The molecule has 0 fully saturated rings. The van der Waals surface area contributed by atoms with Crippen LogP contribution in [0.1, 0.15) is 0 Å². The highest BCUT2D eigenvalue weighted by atomic mass is 15.0. The fraction of sp³-hybridized carbons (Fsp3) is 0. The zero-order valence-electron chi connectivity index (χ0n) is 13.5. The molecule has 0 aliphatic carbocycles. The number of aromatic amines is 2. The minimum atomic E-state index is 1.16. The fourth-order valence-corrected chi connectivity index (χ4v) is 4.03. The van der Waals surface area contributed by atoms with Gasteiger partial charge in [-0.3, -0.25) is 0 Å². The maximum absolute atomic E-state index is 3.62. The van der Waals surface area contributed by atoms with Crippen LogP contribution in [0.2, 0.25) is 0 Å². The predicted octanol–water partition coefficient (Wildman–Crippen LogP) is 5.75. The molecule has 118 valence electrons. The molecule has 0 amide bonds. The molecule has 0 saturated carbocycles. The van der Waals surface area contributed by atoms with Gasteiger partial charge in [-0.1, -0.05) is 54.6 Å². The van der Waals surface area contributed by atoms with Crippen molar-refractivity contribution >= 4 is 43.9 Å². The number of fused-ring (bicyclic) bond motifs is 7. The number of para-hydroxylation sites is 3. The maximum Gasteiger partial charge on any atom is 0.0897 e. The maximum atomic E-state index is 3.62. The summed E-state index contributed by atoms with van der Waals surface area (Å²) in [6, 6.07) is 27.6. The van der Waals surface area contributed by atoms with E-state index in [0.29, 0.717) is 0 Å². The van der Waals surface area contributed by atoms with Crippen LogP contribution in [0.4, 0.5) is 0 Å². The SMILES string of the molecule is c1ccc(-n2c3c4ccccc4[nH]c3c3[nH]c4ccccc4c32)cc1. The van der Waals surface area contributed by atoms with Crippen molar-refractivity contribution in [2.75, 3.05) is 0 Å². The van der Waals surface area contributed by atoms with Gasteiger partial charge in [0.25, 0.3) is 0 Å². The molecule has 0 saturated heterocycles. The van der Waals surface area contributed by atoms with Crippen LogP contribution in [0.15, 0.2) is 78.9 Å². The number of hydrogen-bond donors (Lipinski definition) is 2. The lowest BCUT2D eigenvalue weighted by Gasteiger charge is -2.07. The third-order valence-electron chi connectivity index (χ3n) is 5.07. The average Bonchev–Trinajstić information content (AvgIpc) is 3.30. The lowest BCUT2D eigenvalue weighted by Crippen LogP contribution is -1.92. The van der Waals surface area contributed by atoms with Crippen LogP contribution in [0.3, 0.4) is 0 Å². The van der Waals surface area contributed by atoms with E-state index in [1.165, 1.54) is 27.5 Å². The first-order valence-corrected chi connectivity index (χ1v) is 8.49. The molecule has 6 aromatic rings. The molecule has 0 atom stereocenters. The molecule has 0 aliphatic heterocycles. The first-order chi connectivity index (χ1) is 12.4. The Bertz CT molecular complexity index is 1290. The van der Waals surface area contributed by atoms with Gasteiger partial charge < -0.3 is 14.5 Å². The quantitative estimate of drug-likeness (QED) is 0.387. The largest absolute Gasteiger partial charge is 0.351 e. The van der Waals surface area contributed by atoms with Gasteiger partial charge in [-0.25, -0.2) is 0 Å². The second kappa shape index (κ2) is 4.54. The Morgan fingerprint density at radius 2 is 1.00 bits per heavy atom. The summed E-state index contributed by atoms with van der Waals surface area (Å²) >= 11 is 0. The van der Waals surface area contributed by atoms with Crippen molar-refractivity contribution in [1.82, 2.24) is 14.5 Å². The number of nitrogens with one attached hydrogen (secondary N) is 2. The van der Waals surface area contributed by atoms with Crippen LogP contribution in [0.5, 0.6) is 0 Å². The second-order valence-corrected chi connectivity index (χ2v) is 6.46. The minimum Gasteiger partial charge on any atom is -0.351 e. The first kappa shape index (κ1) is 12.9. The topological polar surface area (TPSA) is 36.5 Å². The van der Waals surface area contributed by atoms with Crippen LogP contribution in [0, 0.1) is 0 Å². The monoisotopic (exact) mass is 321 g/mol. The molecule has 3 aromatic heterocycles. The van der Waals surface area contributed by atoms with E-state index in [-0.39, 0.29) is 0 Å². The van der Waals surface area contributed by atoms with Gasteiger partial charge in [-0.2, -0.15) is 0 Å². The Morgan fingerprint density at radius 1 is 0.520 bits per heavy atom. The van der Waals surface area contributed by atoms with Gasteiger partial charge in [0.05, 0.1) is 22.1 Å². The van der Waals surface area contributed by atoms with E-state index in [1.54, 1.807) is 0 Å². The van der Waals surface area contributed by atoms with E-state index in [1.807, 2.05) is 0 Å². The van der Waals surface area contributed by atoms with Gasteiger partial charge in [0.1, 0.15) is 0 Å². The van der Waals surface area contributed by atoms with E-state index in [9.17, 15) is 0 Å². The van der Waals surface area contributed by atoms with E-state index < -0.39 is 0 Å². The first-order valence-electron chi connectivity index (χ1n) is 8.49. The van der Waals surface area contributed by atoms with Crippen molar-refractivity contribution in [3.05, 3.63) is 78.9 Å². The van der Waals surface area contributed by atoms with Crippen molar-refractivity contribution in [3.63, 3.8) is 0 Å². The van der Waals surface area contributed by atoms with Crippen LogP contribution < -0.4 is 0 Å². The Labute approximate surface area is 143 Å². The number of H-pyrrole nitrogens is 2. The molecule has 3 heteroatoms. The Balaban J connectivity index is 1.95. The van der Waals surface area contributed by atoms with Gasteiger partial charge >= 0.3 is 0 Å². The summed E-state index contributed by atoms with van der Waals surface area (Å²) in [6.07, 6.45) is 0. The van der Waals surface area contributed by atoms with Gasteiger partial charge in [0.15, 0.2) is 0 Å². The summed E-state index contributed by atoms with van der Waals surface area (Å²) in [5.74, 6) is 0. The predicted molar refractivity (Wildman–Crippen MR) is 104 cm³/mol. The molecule has 3 aromatic carbocycles. The number of benzene rings is 3. The number of hydrogen-bond acceptors (Lipinski definition) is 0. The van der Waals surface area contributed by atoms with E-state index in [0.717, 1.165) is 22.1 Å². The number of nitrogens with zero attached hydrogens (tertiary/aromatic N) is 1. The number of aromatic nitrogens is 3. The van der Waals surface area contributed by atoms with E-state index >= 15 is 0 Å². The molecule has 0 spiro atoms. The normalized spacial score (nSPS) is 12.0. The molecule has 0 radical (unpaired) electrons. The molecule has 3 nitrogen and oxygen atoms in total. The molecular weight excluding hydrogens is 306 g/mol. The zero-order valence-corrected chi connectivity index (χ0v) is 13.5. The van der Waals surface area contributed by atoms with Crippen molar-refractivity contribution in [2.24, 2.45) is 0 Å². The second-order valence-electron chi connectivity index (χ2n) is 6.46. The molecule has 6 rings (SSSR count). The van der Waals surface area contributed by atoms with Gasteiger partial charge in [-0.05, 0) is 24.3 Å². The van der Waals surface area contributed by atoms with Crippen molar-refractivity contribution < 1.29 is 0 Å².